The normalized spacial score (nSPS) is 48.9. The molecular formula is C8H16N2. The molecule has 3 unspecified atom stereocenters. The summed E-state index contributed by atoms with van der Waals surface area (Å²) in [5.41, 5.74) is 0.490. The molecule has 2 fully saturated rings. The van der Waals surface area contributed by atoms with Crippen LogP contribution in [0.5, 0.6) is 0 Å². The fourth-order valence-corrected chi connectivity index (χ4v) is 1.57. The summed E-state index contributed by atoms with van der Waals surface area (Å²) in [4.78, 5) is 0. The molecule has 0 N–H and O–H groups in total. The van der Waals surface area contributed by atoms with Gasteiger partial charge in [-0.2, -0.15) is 0 Å². The first-order valence-corrected chi connectivity index (χ1v) is 4.19. The van der Waals surface area contributed by atoms with Crippen molar-refractivity contribution in [3.63, 3.8) is 0 Å². The van der Waals surface area contributed by atoms with Crippen LogP contribution in [0.2, 0.25) is 0 Å². The van der Waals surface area contributed by atoms with Crippen LogP contribution < -0.4 is 0 Å². The summed E-state index contributed by atoms with van der Waals surface area (Å²) in [5.74, 6) is 0. The zero-order chi connectivity index (χ0) is 7.35. The van der Waals surface area contributed by atoms with Gasteiger partial charge >= 0.3 is 0 Å². The molecule has 2 aliphatic heterocycles. The molecule has 2 heteroatoms. The molecule has 58 valence electrons. The molecule has 3 atom stereocenters. The maximum Gasteiger partial charge on any atom is 0.0442 e. The molecule has 0 spiro atoms. The van der Waals surface area contributed by atoms with Crippen molar-refractivity contribution in [1.29, 1.82) is 0 Å². The van der Waals surface area contributed by atoms with E-state index in [1.54, 1.807) is 0 Å². The monoisotopic (exact) mass is 140 g/mol. The predicted molar refractivity (Wildman–Crippen MR) is 41.6 cm³/mol. The van der Waals surface area contributed by atoms with E-state index in [1.165, 1.54) is 19.5 Å². The lowest BCUT2D eigenvalue weighted by molar-refractivity contribution is 0.190. The second-order valence-corrected chi connectivity index (χ2v) is 4.05. The number of nitrogens with zero attached hydrogens (tertiary/aromatic N) is 2. The highest BCUT2D eigenvalue weighted by Crippen LogP contribution is 2.39. The molecule has 2 aliphatic rings. The second-order valence-electron chi connectivity index (χ2n) is 4.05. The summed E-state index contributed by atoms with van der Waals surface area (Å²) in [6.45, 7) is 9.45. The van der Waals surface area contributed by atoms with Gasteiger partial charge in [0.2, 0.25) is 0 Å². The number of hydrogen-bond donors (Lipinski definition) is 0. The van der Waals surface area contributed by atoms with E-state index in [1.807, 2.05) is 0 Å². The maximum absolute atomic E-state index is 2.49. The minimum absolute atomic E-state index is 0.490. The lowest BCUT2D eigenvalue weighted by atomic mass is 10.2. The van der Waals surface area contributed by atoms with Crippen molar-refractivity contribution in [3.05, 3.63) is 0 Å². The van der Waals surface area contributed by atoms with E-state index >= 15 is 0 Å². The van der Waals surface area contributed by atoms with Gasteiger partial charge in [0.05, 0.1) is 0 Å². The van der Waals surface area contributed by atoms with Gasteiger partial charge in [0.1, 0.15) is 0 Å². The SMILES string of the molecule is CCC1CN1N1CC1(C)C. The van der Waals surface area contributed by atoms with E-state index in [-0.39, 0.29) is 0 Å². The highest BCUT2D eigenvalue weighted by molar-refractivity contribution is 5.03. The van der Waals surface area contributed by atoms with E-state index in [9.17, 15) is 0 Å². The van der Waals surface area contributed by atoms with Crippen molar-refractivity contribution in [3.8, 4) is 0 Å². The van der Waals surface area contributed by atoms with Crippen LogP contribution in [-0.2, 0) is 0 Å². The molecule has 0 saturated carbocycles. The third kappa shape index (κ3) is 0.867. The summed E-state index contributed by atoms with van der Waals surface area (Å²) in [7, 11) is 0. The Hall–Kier alpha value is -0.0800. The summed E-state index contributed by atoms with van der Waals surface area (Å²) >= 11 is 0. The van der Waals surface area contributed by atoms with Gasteiger partial charge in [0.15, 0.2) is 0 Å². The molecule has 0 aromatic rings. The molecule has 0 aromatic heterocycles. The van der Waals surface area contributed by atoms with Crippen molar-refractivity contribution in [2.45, 2.75) is 38.8 Å². The summed E-state index contributed by atoms with van der Waals surface area (Å²) in [6.07, 6.45) is 1.31. The number of hydrogen-bond acceptors (Lipinski definition) is 2. The molecule has 10 heavy (non-hydrogen) atoms. The van der Waals surface area contributed by atoms with Crippen molar-refractivity contribution in [1.82, 2.24) is 10.0 Å². The van der Waals surface area contributed by atoms with Crippen LogP contribution in [0.4, 0.5) is 0 Å². The molecule has 2 nitrogen and oxygen atoms in total. The first-order valence-electron chi connectivity index (χ1n) is 4.19. The summed E-state index contributed by atoms with van der Waals surface area (Å²) in [5, 5.41) is 4.96. The predicted octanol–water partition coefficient (Wildman–Crippen LogP) is 1.09. The smallest absolute Gasteiger partial charge is 0.0442 e. The highest BCUT2D eigenvalue weighted by atomic mass is 15.8. The van der Waals surface area contributed by atoms with E-state index in [2.05, 4.69) is 30.8 Å². The third-order valence-electron chi connectivity index (χ3n) is 2.60. The molecular weight excluding hydrogens is 124 g/mol. The fraction of sp³-hybridized carbons (Fsp3) is 1.00. The minimum atomic E-state index is 0.490. The molecule has 0 amide bonds. The summed E-state index contributed by atoms with van der Waals surface area (Å²) in [6, 6.07) is 0.877. The zero-order valence-electron chi connectivity index (χ0n) is 7.09. The molecule has 2 rings (SSSR count). The van der Waals surface area contributed by atoms with Gasteiger partial charge < -0.3 is 0 Å². The van der Waals surface area contributed by atoms with E-state index in [0.29, 0.717) is 5.54 Å². The Morgan fingerprint density at radius 3 is 2.40 bits per heavy atom. The van der Waals surface area contributed by atoms with E-state index < -0.39 is 0 Å². The molecule has 2 heterocycles. The molecule has 0 aliphatic carbocycles. The van der Waals surface area contributed by atoms with Crippen LogP contribution >= 0.6 is 0 Å². The minimum Gasteiger partial charge on any atom is -0.235 e. The number of hydrazine groups is 1. The lowest BCUT2D eigenvalue weighted by Crippen LogP contribution is -2.17. The van der Waals surface area contributed by atoms with Gasteiger partial charge in [0.25, 0.3) is 0 Å². The Labute approximate surface area is 62.8 Å². The van der Waals surface area contributed by atoms with Crippen LogP contribution in [0.3, 0.4) is 0 Å². The average Bonchev–Trinajstić information content (AvgIpc) is 2.66. The third-order valence-corrected chi connectivity index (χ3v) is 2.60. The van der Waals surface area contributed by atoms with Crippen LogP contribution in [0.15, 0.2) is 0 Å². The Balaban J connectivity index is 1.85. The van der Waals surface area contributed by atoms with E-state index in [0.717, 1.165) is 6.04 Å². The molecule has 0 bridgehead atoms. The van der Waals surface area contributed by atoms with Crippen LogP contribution in [0.25, 0.3) is 0 Å². The van der Waals surface area contributed by atoms with Crippen molar-refractivity contribution in [2.75, 3.05) is 13.1 Å². The van der Waals surface area contributed by atoms with Crippen LogP contribution in [0.1, 0.15) is 27.2 Å². The van der Waals surface area contributed by atoms with Gasteiger partial charge in [-0.15, -0.1) is 0 Å². The average molecular weight is 140 g/mol. The largest absolute Gasteiger partial charge is 0.235 e. The highest BCUT2D eigenvalue weighted by Gasteiger charge is 2.53. The van der Waals surface area contributed by atoms with E-state index in [4.69, 9.17) is 0 Å². The van der Waals surface area contributed by atoms with Crippen LogP contribution in [0, 0.1) is 0 Å². The maximum atomic E-state index is 2.49. The topological polar surface area (TPSA) is 6.02 Å². The quantitative estimate of drug-likeness (QED) is 0.529. The van der Waals surface area contributed by atoms with Crippen molar-refractivity contribution >= 4 is 0 Å². The second kappa shape index (κ2) is 1.74. The Morgan fingerprint density at radius 2 is 2.10 bits per heavy atom. The van der Waals surface area contributed by atoms with Gasteiger partial charge in [-0.25, -0.2) is 10.0 Å². The Kier molecular flexibility index (Phi) is 1.15. The first-order chi connectivity index (χ1) is 4.65. The van der Waals surface area contributed by atoms with Gasteiger partial charge in [-0.05, 0) is 20.3 Å². The zero-order valence-corrected chi connectivity index (χ0v) is 7.09. The lowest BCUT2D eigenvalue weighted by Gasteiger charge is -2.07. The molecule has 2 saturated heterocycles. The van der Waals surface area contributed by atoms with Crippen molar-refractivity contribution in [2.24, 2.45) is 0 Å². The van der Waals surface area contributed by atoms with Gasteiger partial charge in [-0.3, -0.25) is 0 Å². The van der Waals surface area contributed by atoms with Crippen LogP contribution in [-0.4, -0.2) is 34.7 Å². The van der Waals surface area contributed by atoms with Gasteiger partial charge in [0, 0.05) is 24.7 Å². The molecule has 0 radical (unpaired) electrons. The van der Waals surface area contributed by atoms with Gasteiger partial charge in [-0.1, -0.05) is 6.92 Å². The fourth-order valence-electron chi connectivity index (χ4n) is 1.57. The Bertz CT molecular complexity index is 153. The number of rotatable bonds is 2. The standard InChI is InChI=1S/C8H16N2/c1-4-7-5-9(7)10-6-8(10,2)3/h7H,4-6H2,1-3H3. The Morgan fingerprint density at radius 1 is 1.50 bits per heavy atom. The first kappa shape index (κ1) is 6.62. The van der Waals surface area contributed by atoms with Crippen molar-refractivity contribution < 1.29 is 0 Å². The summed E-state index contributed by atoms with van der Waals surface area (Å²) < 4.78 is 0. The molecule has 0 aromatic carbocycles.